The summed E-state index contributed by atoms with van der Waals surface area (Å²) in [5.74, 6) is 0.502. The first-order valence-corrected chi connectivity index (χ1v) is 8.08. The molecule has 1 unspecified atom stereocenters. The Hall–Kier alpha value is -1.53. The Morgan fingerprint density at radius 3 is 3.05 bits per heavy atom. The number of nitrogens with one attached hydrogen (secondary N) is 2. The molecule has 0 saturated carbocycles. The van der Waals surface area contributed by atoms with E-state index in [0.29, 0.717) is 30.0 Å². The van der Waals surface area contributed by atoms with Crippen molar-refractivity contribution < 1.29 is 14.7 Å². The van der Waals surface area contributed by atoms with Crippen LogP contribution in [0, 0.1) is 5.92 Å². The highest BCUT2D eigenvalue weighted by Crippen LogP contribution is 2.31. The Morgan fingerprint density at radius 1 is 1.52 bits per heavy atom. The highest BCUT2D eigenvalue weighted by Gasteiger charge is 2.17. The lowest BCUT2D eigenvalue weighted by Crippen LogP contribution is -2.29. The summed E-state index contributed by atoms with van der Waals surface area (Å²) in [6.45, 7) is 2.72. The third-order valence-electron chi connectivity index (χ3n) is 3.54. The minimum Gasteiger partial charge on any atom is -0.396 e. The maximum absolute atomic E-state index is 12.1. The van der Waals surface area contributed by atoms with Gasteiger partial charge >= 0.3 is 0 Å². The van der Waals surface area contributed by atoms with Gasteiger partial charge < -0.3 is 15.7 Å². The molecular weight excluding hydrogens is 288 g/mol. The first-order chi connectivity index (χ1) is 10.1. The van der Waals surface area contributed by atoms with Crippen LogP contribution in [-0.4, -0.2) is 35.8 Å². The van der Waals surface area contributed by atoms with Crippen molar-refractivity contribution in [2.75, 3.05) is 24.2 Å². The molecule has 6 heteroatoms. The highest BCUT2D eigenvalue weighted by atomic mass is 32.2. The van der Waals surface area contributed by atoms with Crippen molar-refractivity contribution in [3.8, 4) is 0 Å². The summed E-state index contributed by atoms with van der Waals surface area (Å²) in [4.78, 5) is 24.5. The molecule has 2 rings (SSSR count). The highest BCUT2D eigenvalue weighted by molar-refractivity contribution is 8.00. The SMILES string of the molecule is CCC(CCO)CNC(=O)c1ccc2c(c1)NC(=O)CS2. The van der Waals surface area contributed by atoms with Crippen molar-refractivity contribution in [1.82, 2.24) is 5.32 Å². The molecule has 2 amide bonds. The van der Waals surface area contributed by atoms with E-state index in [9.17, 15) is 9.59 Å². The lowest BCUT2D eigenvalue weighted by Gasteiger charge is -2.18. The van der Waals surface area contributed by atoms with Crippen molar-refractivity contribution >= 4 is 29.3 Å². The molecule has 1 aliphatic rings. The second-order valence-electron chi connectivity index (χ2n) is 5.04. The molecule has 1 aliphatic heterocycles. The maximum atomic E-state index is 12.1. The number of thioether (sulfide) groups is 1. The molecule has 3 N–H and O–H groups in total. The first-order valence-electron chi connectivity index (χ1n) is 7.09. The van der Waals surface area contributed by atoms with Gasteiger partial charge in [-0.3, -0.25) is 9.59 Å². The fourth-order valence-electron chi connectivity index (χ4n) is 2.20. The van der Waals surface area contributed by atoms with Crippen LogP contribution in [0.15, 0.2) is 23.1 Å². The zero-order valence-electron chi connectivity index (χ0n) is 12.0. The molecule has 21 heavy (non-hydrogen) atoms. The fraction of sp³-hybridized carbons (Fsp3) is 0.467. The van der Waals surface area contributed by atoms with Crippen LogP contribution < -0.4 is 10.6 Å². The molecule has 114 valence electrons. The summed E-state index contributed by atoms with van der Waals surface area (Å²) in [6.07, 6.45) is 1.60. The van der Waals surface area contributed by atoms with Gasteiger partial charge in [0.1, 0.15) is 0 Å². The van der Waals surface area contributed by atoms with Crippen molar-refractivity contribution in [2.45, 2.75) is 24.7 Å². The topological polar surface area (TPSA) is 78.4 Å². The molecule has 0 aliphatic carbocycles. The van der Waals surface area contributed by atoms with Crippen LogP contribution in [0.5, 0.6) is 0 Å². The summed E-state index contributed by atoms with van der Waals surface area (Å²) in [6, 6.07) is 5.34. The zero-order chi connectivity index (χ0) is 15.2. The Kier molecular flexibility index (Phi) is 5.64. The minimum absolute atomic E-state index is 0.0425. The number of carbonyl (C=O) groups excluding carboxylic acids is 2. The van der Waals surface area contributed by atoms with Gasteiger partial charge in [-0.05, 0) is 30.5 Å². The summed E-state index contributed by atoms with van der Waals surface area (Å²) in [5.41, 5.74) is 1.24. The van der Waals surface area contributed by atoms with E-state index in [0.717, 1.165) is 11.3 Å². The third-order valence-corrected chi connectivity index (χ3v) is 4.61. The lowest BCUT2D eigenvalue weighted by atomic mass is 10.0. The summed E-state index contributed by atoms with van der Waals surface area (Å²) >= 11 is 1.47. The van der Waals surface area contributed by atoms with Gasteiger partial charge in [0.25, 0.3) is 5.91 Å². The Labute approximate surface area is 128 Å². The predicted octanol–water partition coefficient (Wildman–Crippen LogP) is 1.87. The minimum atomic E-state index is -0.154. The number of aliphatic hydroxyl groups is 1. The van der Waals surface area contributed by atoms with Crippen LogP contribution in [0.3, 0.4) is 0 Å². The molecule has 1 aromatic carbocycles. The van der Waals surface area contributed by atoms with E-state index in [2.05, 4.69) is 10.6 Å². The summed E-state index contributed by atoms with van der Waals surface area (Å²) < 4.78 is 0. The van der Waals surface area contributed by atoms with E-state index in [1.165, 1.54) is 11.8 Å². The smallest absolute Gasteiger partial charge is 0.251 e. The standard InChI is InChI=1S/C15H20N2O3S/c1-2-10(5-6-18)8-16-15(20)11-3-4-13-12(7-11)17-14(19)9-21-13/h3-4,7,10,18H,2,5-6,8-9H2,1H3,(H,16,20)(H,17,19). The average molecular weight is 308 g/mol. The number of hydrogen-bond acceptors (Lipinski definition) is 4. The molecule has 1 aromatic rings. The molecular formula is C15H20N2O3S. The number of fused-ring (bicyclic) bond motifs is 1. The van der Waals surface area contributed by atoms with Crippen LogP contribution in [0.25, 0.3) is 0 Å². The molecule has 0 aromatic heterocycles. The van der Waals surface area contributed by atoms with E-state index in [1.54, 1.807) is 12.1 Å². The number of rotatable bonds is 6. The average Bonchev–Trinajstić information content (AvgIpc) is 2.50. The molecule has 0 fully saturated rings. The van der Waals surface area contributed by atoms with Gasteiger partial charge in [0.15, 0.2) is 0 Å². The number of hydrogen-bond donors (Lipinski definition) is 3. The van der Waals surface area contributed by atoms with Gasteiger partial charge in [0, 0.05) is 23.6 Å². The van der Waals surface area contributed by atoms with E-state index < -0.39 is 0 Å². The zero-order valence-corrected chi connectivity index (χ0v) is 12.8. The third kappa shape index (κ3) is 4.22. The summed E-state index contributed by atoms with van der Waals surface area (Å²) in [7, 11) is 0. The quantitative estimate of drug-likeness (QED) is 0.749. The van der Waals surface area contributed by atoms with Gasteiger partial charge in [-0.2, -0.15) is 0 Å². The van der Waals surface area contributed by atoms with Crippen molar-refractivity contribution in [3.05, 3.63) is 23.8 Å². The number of benzene rings is 1. The largest absolute Gasteiger partial charge is 0.396 e. The van der Waals surface area contributed by atoms with Crippen molar-refractivity contribution in [1.29, 1.82) is 0 Å². The van der Waals surface area contributed by atoms with Gasteiger partial charge in [0.05, 0.1) is 11.4 Å². The second kappa shape index (κ2) is 7.47. The molecule has 0 spiro atoms. The first kappa shape index (κ1) is 15.9. The molecule has 1 heterocycles. The van der Waals surface area contributed by atoms with E-state index >= 15 is 0 Å². The normalized spacial score (nSPS) is 15.0. The van der Waals surface area contributed by atoms with Crippen molar-refractivity contribution in [3.63, 3.8) is 0 Å². The van der Waals surface area contributed by atoms with Gasteiger partial charge in [-0.15, -0.1) is 11.8 Å². The van der Waals surface area contributed by atoms with Crippen LogP contribution in [0.1, 0.15) is 30.1 Å². The summed E-state index contributed by atoms with van der Waals surface area (Å²) in [5, 5.41) is 14.6. The lowest BCUT2D eigenvalue weighted by molar-refractivity contribution is -0.113. The number of aliphatic hydroxyl groups excluding tert-OH is 1. The number of anilines is 1. The van der Waals surface area contributed by atoms with Crippen molar-refractivity contribution in [2.24, 2.45) is 5.92 Å². The van der Waals surface area contributed by atoms with Gasteiger partial charge in [-0.1, -0.05) is 13.3 Å². The van der Waals surface area contributed by atoms with E-state index in [1.807, 2.05) is 13.0 Å². The second-order valence-corrected chi connectivity index (χ2v) is 6.06. The van der Waals surface area contributed by atoms with Crippen LogP contribution in [0.2, 0.25) is 0 Å². The maximum Gasteiger partial charge on any atom is 0.251 e. The molecule has 1 atom stereocenters. The predicted molar refractivity (Wildman–Crippen MR) is 83.6 cm³/mol. The monoisotopic (exact) mass is 308 g/mol. The Morgan fingerprint density at radius 2 is 2.33 bits per heavy atom. The van der Waals surface area contributed by atoms with E-state index in [-0.39, 0.29) is 24.3 Å². The van der Waals surface area contributed by atoms with Crippen LogP contribution >= 0.6 is 11.8 Å². The van der Waals surface area contributed by atoms with E-state index in [4.69, 9.17) is 5.11 Å². The number of carbonyl (C=O) groups is 2. The Bertz CT molecular complexity index is 534. The van der Waals surface area contributed by atoms with Crippen LogP contribution in [0.4, 0.5) is 5.69 Å². The van der Waals surface area contributed by atoms with Crippen LogP contribution in [-0.2, 0) is 4.79 Å². The molecule has 0 saturated heterocycles. The molecule has 5 nitrogen and oxygen atoms in total. The molecule has 0 bridgehead atoms. The van der Waals surface area contributed by atoms with Gasteiger partial charge in [-0.25, -0.2) is 0 Å². The molecule has 0 radical (unpaired) electrons. The number of amides is 2. The Balaban J connectivity index is 1.99. The fourth-order valence-corrected chi connectivity index (χ4v) is 2.99. The van der Waals surface area contributed by atoms with Gasteiger partial charge in [0.2, 0.25) is 5.91 Å².